The second-order valence-electron chi connectivity index (χ2n) is 3.66. The molecule has 0 atom stereocenters. The first-order valence-electron chi connectivity index (χ1n) is 5.10. The first-order valence-corrected chi connectivity index (χ1v) is 5.89. The van der Waals surface area contributed by atoms with Crippen molar-refractivity contribution in [3.05, 3.63) is 62.4 Å². The summed E-state index contributed by atoms with van der Waals surface area (Å²) in [6, 6.07) is 10.3. The fourth-order valence-electron chi connectivity index (χ4n) is 1.68. The molecule has 1 aromatic carbocycles. The average molecular weight is 306 g/mol. The SMILES string of the molecule is N#Cc1cccn1Cc1ccc(Br)cc1[N+](=O)[O-]. The number of nitro groups is 1. The third kappa shape index (κ3) is 2.41. The van der Waals surface area contributed by atoms with Crippen LogP contribution in [0.25, 0.3) is 0 Å². The number of benzene rings is 1. The summed E-state index contributed by atoms with van der Waals surface area (Å²) >= 11 is 3.21. The van der Waals surface area contributed by atoms with Crippen LogP contribution in [-0.4, -0.2) is 9.49 Å². The number of nitro benzene ring substituents is 1. The normalized spacial score (nSPS) is 10.0. The Morgan fingerprint density at radius 3 is 2.89 bits per heavy atom. The van der Waals surface area contributed by atoms with Crippen LogP contribution in [0.15, 0.2) is 41.0 Å². The average Bonchev–Trinajstić information content (AvgIpc) is 2.78. The first kappa shape index (κ1) is 12.3. The van der Waals surface area contributed by atoms with Gasteiger partial charge in [0.05, 0.1) is 11.5 Å². The monoisotopic (exact) mass is 305 g/mol. The fourth-order valence-corrected chi connectivity index (χ4v) is 2.03. The van der Waals surface area contributed by atoms with Gasteiger partial charge < -0.3 is 4.57 Å². The molecule has 0 fully saturated rings. The smallest absolute Gasteiger partial charge is 0.275 e. The zero-order chi connectivity index (χ0) is 13.1. The predicted molar refractivity (Wildman–Crippen MR) is 69.0 cm³/mol. The molecule has 5 nitrogen and oxygen atoms in total. The molecule has 0 radical (unpaired) electrons. The highest BCUT2D eigenvalue weighted by Crippen LogP contribution is 2.24. The number of hydrogen-bond donors (Lipinski definition) is 0. The highest BCUT2D eigenvalue weighted by Gasteiger charge is 2.15. The van der Waals surface area contributed by atoms with Crippen molar-refractivity contribution in [3.8, 4) is 6.07 Å². The van der Waals surface area contributed by atoms with Crippen LogP contribution < -0.4 is 0 Å². The molecule has 6 heteroatoms. The van der Waals surface area contributed by atoms with E-state index < -0.39 is 4.92 Å². The van der Waals surface area contributed by atoms with Gasteiger partial charge in [-0.2, -0.15) is 5.26 Å². The molecule has 0 saturated carbocycles. The maximum absolute atomic E-state index is 11.0. The zero-order valence-corrected chi connectivity index (χ0v) is 10.8. The van der Waals surface area contributed by atoms with Crippen LogP contribution in [0.3, 0.4) is 0 Å². The molecule has 0 aliphatic carbocycles. The Kier molecular flexibility index (Phi) is 3.44. The number of hydrogen-bond acceptors (Lipinski definition) is 3. The number of nitriles is 1. The lowest BCUT2D eigenvalue weighted by atomic mass is 10.2. The summed E-state index contributed by atoms with van der Waals surface area (Å²) in [4.78, 5) is 10.5. The van der Waals surface area contributed by atoms with Crippen molar-refractivity contribution < 1.29 is 4.92 Å². The van der Waals surface area contributed by atoms with Gasteiger partial charge in [-0.25, -0.2) is 0 Å². The number of nitrogens with zero attached hydrogens (tertiary/aromatic N) is 3. The summed E-state index contributed by atoms with van der Waals surface area (Å²) in [5.41, 5.74) is 1.09. The van der Waals surface area contributed by atoms with Gasteiger partial charge in [0.2, 0.25) is 0 Å². The van der Waals surface area contributed by atoms with Crippen molar-refractivity contribution in [3.63, 3.8) is 0 Å². The molecule has 1 heterocycles. The summed E-state index contributed by atoms with van der Waals surface area (Å²) in [7, 11) is 0. The molecule has 0 amide bonds. The van der Waals surface area contributed by atoms with Crippen molar-refractivity contribution in [1.82, 2.24) is 4.57 Å². The van der Waals surface area contributed by atoms with Gasteiger partial charge in [0.1, 0.15) is 11.8 Å². The molecular weight excluding hydrogens is 298 g/mol. The maximum Gasteiger partial charge on any atom is 0.275 e. The van der Waals surface area contributed by atoms with Crippen LogP contribution in [0.5, 0.6) is 0 Å². The van der Waals surface area contributed by atoms with E-state index in [9.17, 15) is 10.1 Å². The minimum absolute atomic E-state index is 0.0435. The summed E-state index contributed by atoms with van der Waals surface area (Å²) in [6.45, 7) is 0.305. The van der Waals surface area contributed by atoms with Gasteiger partial charge in [-0.15, -0.1) is 0 Å². The van der Waals surface area contributed by atoms with Gasteiger partial charge in [-0.3, -0.25) is 10.1 Å². The molecule has 90 valence electrons. The number of aromatic nitrogens is 1. The van der Waals surface area contributed by atoms with Crippen LogP contribution >= 0.6 is 15.9 Å². The molecule has 0 unspecified atom stereocenters. The van der Waals surface area contributed by atoms with Gasteiger partial charge in [-0.1, -0.05) is 15.9 Å². The van der Waals surface area contributed by atoms with Crippen molar-refractivity contribution in [2.45, 2.75) is 6.54 Å². The van der Waals surface area contributed by atoms with Gasteiger partial charge in [0, 0.05) is 22.3 Å². The van der Waals surface area contributed by atoms with E-state index in [-0.39, 0.29) is 5.69 Å². The predicted octanol–water partition coefficient (Wildman–Crippen LogP) is 3.08. The summed E-state index contributed by atoms with van der Waals surface area (Å²) < 4.78 is 2.34. The van der Waals surface area contributed by atoms with E-state index in [1.54, 1.807) is 35.0 Å². The third-order valence-corrected chi connectivity index (χ3v) is 3.02. The molecule has 0 aliphatic heterocycles. The fraction of sp³-hybridized carbons (Fsp3) is 0.0833. The summed E-state index contributed by atoms with van der Waals surface area (Å²) in [5.74, 6) is 0. The van der Waals surface area contributed by atoms with Crippen LogP contribution in [0, 0.1) is 21.4 Å². The second-order valence-corrected chi connectivity index (χ2v) is 4.58. The standard InChI is InChI=1S/C12H8BrN3O2/c13-10-4-3-9(12(6-10)16(17)18)8-15-5-1-2-11(15)7-14/h1-6H,8H2. The second kappa shape index (κ2) is 5.02. The molecule has 0 bridgehead atoms. The van der Waals surface area contributed by atoms with Crippen molar-refractivity contribution in [1.29, 1.82) is 5.26 Å². The highest BCUT2D eigenvalue weighted by molar-refractivity contribution is 9.10. The highest BCUT2D eigenvalue weighted by atomic mass is 79.9. The molecule has 0 aliphatic rings. The Morgan fingerprint density at radius 2 is 2.22 bits per heavy atom. The van der Waals surface area contributed by atoms with E-state index in [1.165, 1.54) is 6.07 Å². The van der Waals surface area contributed by atoms with Crippen LogP contribution in [0.2, 0.25) is 0 Å². The molecule has 2 aromatic rings. The molecular formula is C12H8BrN3O2. The van der Waals surface area contributed by atoms with Gasteiger partial charge in [0.15, 0.2) is 0 Å². The minimum atomic E-state index is -0.421. The molecule has 0 N–H and O–H groups in total. The Morgan fingerprint density at radius 1 is 1.44 bits per heavy atom. The van der Waals surface area contributed by atoms with Crippen molar-refractivity contribution >= 4 is 21.6 Å². The van der Waals surface area contributed by atoms with Gasteiger partial charge in [-0.05, 0) is 24.3 Å². The Hall–Kier alpha value is -2.13. The van der Waals surface area contributed by atoms with E-state index in [0.29, 0.717) is 22.3 Å². The van der Waals surface area contributed by atoms with Crippen LogP contribution in [0.1, 0.15) is 11.3 Å². The quantitative estimate of drug-likeness (QED) is 0.646. The largest absolute Gasteiger partial charge is 0.335 e. The molecule has 2 rings (SSSR count). The lowest BCUT2D eigenvalue weighted by Crippen LogP contribution is -2.03. The number of halogens is 1. The molecule has 1 aromatic heterocycles. The lowest BCUT2D eigenvalue weighted by Gasteiger charge is -2.06. The van der Waals surface area contributed by atoms with E-state index in [2.05, 4.69) is 15.9 Å². The summed E-state index contributed by atoms with van der Waals surface area (Å²) in [6.07, 6.45) is 1.73. The lowest BCUT2D eigenvalue weighted by molar-refractivity contribution is -0.385. The van der Waals surface area contributed by atoms with Crippen LogP contribution in [-0.2, 0) is 6.54 Å². The van der Waals surface area contributed by atoms with E-state index >= 15 is 0 Å². The molecule has 0 spiro atoms. The minimum Gasteiger partial charge on any atom is -0.335 e. The summed E-state index contributed by atoms with van der Waals surface area (Å²) in [5, 5.41) is 19.9. The van der Waals surface area contributed by atoms with E-state index in [0.717, 1.165) is 0 Å². The molecule has 0 saturated heterocycles. The zero-order valence-electron chi connectivity index (χ0n) is 9.21. The Bertz CT molecular complexity index is 643. The third-order valence-electron chi connectivity index (χ3n) is 2.53. The van der Waals surface area contributed by atoms with Gasteiger partial charge >= 0.3 is 0 Å². The van der Waals surface area contributed by atoms with E-state index in [1.807, 2.05) is 6.07 Å². The van der Waals surface area contributed by atoms with Gasteiger partial charge in [0.25, 0.3) is 5.69 Å². The van der Waals surface area contributed by atoms with Crippen LogP contribution in [0.4, 0.5) is 5.69 Å². The first-order chi connectivity index (χ1) is 8.61. The topological polar surface area (TPSA) is 71.9 Å². The van der Waals surface area contributed by atoms with E-state index in [4.69, 9.17) is 5.26 Å². The number of rotatable bonds is 3. The van der Waals surface area contributed by atoms with Crippen molar-refractivity contribution in [2.24, 2.45) is 0 Å². The maximum atomic E-state index is 11.0. The Balaban J connectivity index is 2.41. The van der Waals surface area contributed by atoms with Crippen molar-refractivity contribution in [2.75, 3.05) is 0 Å². The molecule has 18 heavy (non-hydrogen) atoms. The Labute approximate surface area is 112 Å².